The molecule has 0 heterocycles. The second-order valence-corrected chi connectivity index (χ2v) is 10.1. The van der Waals surface area contributed by atoms with E-state index in [0.717, 1.165) is 30.9 Å². The lowest BCUT2D eigenvalue weighted by Gasteiger charge is -2.15. The van der Waals surface area contributed by atoms with Crippen molar-refractivity contribution < 1.29 is 22.7 Å². The minimum Gasteiger partial charge on any atom is -0.452 e. The predicted molar refractivity (Wildman–Crippen MR) is 122 cm³/mol. The van der Waals surface area contributed by atoms with Crippen LogP contribution in [0.3, 0.4) is 0 Å². The summed E-state index contributed by atoms with van der Waals surface area (Å²) < 4.78 is 32.5. The monoisotopic (exact) mass is 498 g/mol. The maximum absolute atomic E-state index is 12.5. The van der Waals surface area contributed by atoms with Crippen LogP contribution in [0.2, 0.25) is 10.0 Å². The number of halogens is 2. The molecule has 2 aromatic carbocycles. The Morgan fingerprint density at radius 1 is 1.12 bits per heavy atom. The number of ether oxygens (including phenoxy) is 1. The first-order valence-corrected chi connectivity index (χ1v) is 12.4. The van der Waals surface area contributed by atoms with Crippen molar-refractivity contribution >= 4 is 45.1 Å². The van der Waals surface area contributed by atoms with Crippen LogP contribution in [-0.2, 0) is 26.0 Å². The second kappa shape index (κ2) is 10.2. The van der Waals surface area contributed by atoms with Crippen LogP contribution in [0.4, 0.5) is 0 Å². The van der Waals surface area contributed by atoms with Gasteiger partial charge in [-0.3, -0.25) is 4.79 Å². The molecule has 1 atom stereocenters. The number of hydrogen-bond acceptors (Lipinski definition) is 5. The van der Waals surface area contributed by atoms with E-state index in [4.69, 9.17) is 27.9 Å². The topological polar surface area (TPSA) is 102 Å². The number of carbonyl (C=O) groups is 2. The van der Waals surface area contributed by atoms with Gasteiger partial charge in [-0.05, 0) is 49.4 Å². The van der Waals surface area contributed by atoms with Crippen LogP contribution in [0.1, 0.15) is 54.2 Å². The van der Waals surface area contributed by atoms with Crippen molar-refractivity contribution in [1.82, 2.24) is 10.0 Å². The Balaban J connectivity index is 1.63. The number of hydrogen-bond donors (Lipinski definition) is 2. The van der Waals surface area contributed by atoms with E-state index in [2.05, 4.69) is 17.0 Å². The van der Waals surface area contributed by atoms with Gasteiger partial charge < -0.3 is 10.1 Å². The fraction of sp³-hybridized carbons (Fsp3) is 0.364. The molecule has 0 bridgehead atoms. The SMILES string of the molecule is CCc1ccc(C(C)NC(=O)COC(=O)c2cc(S(=O)(=O)NC3CC3)c(Cl)cc2Cl)cc1. The summed E-state index contributed by atoms with van der Waals surface area (Å²) in [5.74, 6) is -1.43. The summed E-state index contributed by atoms with van der Waals surface area (Å²) >= 11 is 12.1. The predicted octanol–water partition coefficient (Wildman–Crippen LogP) is 4.03. The fourth-order valence-electron chi connectivity index (χ4n) is 2.99. The Morgan fingerprint density at radius 3 is 2.38 bits per heavy atom. The first-order chi connectivity index (χ1) is 15.1. The Hall–Kier alpha value is -2.13. The highest BCUT2D eigenvalue weighted by Gasteiger charge is 2.30. The molecule has 172 valence electrons. The van der Waals surface area contributed by atoms with E-state index in [1.807, 2.05) is 31.2 Å². The van der Waals surface area contributed by atoms with Crippen LogP contribution >= 0.6 is 23.2 Å². The van der Waals surface area contributed by atoms with Gasteiger partial charge in [0.1, 0.15) is 4.90 Å². The van der Waals surface area contributed by atoms with Crippen molar-refractivity contribution in [3.05, 3.63) is 63.1 Å². The summed E-state index contributed by atoms with van der Waals surface area (Å²) in [6.07, 6.45) is 2.41. The van der Waals surface area contributed by atoms with Gasteiger partial charge in [-0.1, -0.05) is 54.4 Å². The number of rotatable bonds is 9. The molecule has 1 aliphatic carbocycles. The number of esters is 1. The van der Waals surface area contributed by atoms with E-state index < -0.39 is 28.5 Å². The summed E-state index contributed by atoms with van der Waals surface area (Å²) in [7, 11) is -3.91. The van der Waals surface area contributed by atoms with Crippen molar-refractivity contribution in [3.8, 4) is 0 Å². The minimum atomic E-state index is -3.91. The lowest BCUT2D eigenvalue weighted by molar-refractivity contribution is -0.124. The van der Waals surface area contributed by atoms with Crippen LogP contribution in [0.25, 0.3) is 0 Å². The molecule has 32 heavy (non-hydrogen) atoms. The molecule has 3 rings (SSSR count). The number of carbonyl (C=O) groups excluding carboxylic acids is 2. The lowest BCUT2D eigenvalue weighted by Crippen LogP contribution is -2.31. The summed E-state index contributed by atoms with van der Waals surface area (Å²) in [6.45, 7) is 3.34. The number of sulfonamides is 1. The van der Waals surface area contributed by atoms with Gasteiger partial charge in [0.25, 0.3) is 5.91 Å². The molecule has 1 aliphatic rings. The summed E-state index contributed by atoms with van der Waals surface area (Å²) in [6, 6.07) is 9.66. The number of aryl methyl sites for hydroxylation is 1. The second-order valence-electron chi connectivity index (χ2n) is 7.62. The Morgan fingerprint density at radius 2 is 1.78 bits per heavy atom. The van der Waals surface area contributed by atoms with Gasteiger partial charge in [0.2, 0.25) is 10.0 Å². The molecule has 2 N–H and O–H groups in total. The highest BCUT2D eigenvalue weighted by atomic mass is 35.5. The number of benzene rings is 2. The average Bonchev–Trinajstić information content (AvgIpc) is 3.55. The zero-order valence-electron chi connectivity index (χ0n) is 17.7. The molecule has 0 aromatic heterocycles. The molecule has 10 heteroatoms. The molecule has 1 saturated carbocycles. The zero-order valence-corrected chi connectivity index (χ0v) is 20.0. The Kier molecular flexibility index (Phi) is 7.82. The molecule has 1 amide bonds. The molecule has 2 aromatic rings. The summed E-state index contributed by atoms with van der Waals surface area (Å²) in [4.78, 5) is 24.4. The first kappa shape index (κ1) is 24.5. The van der Waals surface area contributed by atoms with Crippen molar-refractivity contribution in [2.24, 2.45) is 0 Å². The number of nitrogens with one attached hydrogen (secondary N) is 2. The molecule has 0 spiro atoms. The first-order valence-electron chi connectivity index (χ1n) is 10.2. The number of amides is 1. The van der Waals surface area contributed by atoms with Crippen LogP contribution < -0.4 is 10.0 Å². The van der Waals surface area contributed by atoms with Crippen molar-refractivity contribution in [3.63, 3.8) is 0 Å². The highest BCUT2D eigenvalue weighted by molar-refractivity contribution is 7.89. The molecule has 1 unspecified atom stereocenters. The molecule has 0 radical (unpaired) electrons. The van der Waals surface area contributed by atoms with Gasteiger partial charge in [0, 0.05) is 6.04 Å². The zero-order chi connectivity index (χ0) is 23.5. The van der Waals surface area contributed by atoms with Gasteiger partial charge in [-0.15, -0.1) is 0 Å². The van der Waals surface area contributed by atoms with Crippen LogP contribution in [0, 0.1) is 0 Å². The largest absolute Gasteiger partial charge is 0.452 e. The van der Waals surface area contributed by atoms with E-state index in [9.17, 15) is 18.0 Å². The van der Waals surface area contributed by atoms with Crippen molar-refractivity contribution in [2.75, 3.05) is 6.61 Å². The van der Waals surface area contributed by atoms with E-state index >= 15 is 0 Å². The van der Waals surface area contributed by atoms with Gasteiger partial charge in [-0.2, -0.15) is 0 Å². The standard InChI is InChI=1S/C22H24Cl2N2O5S/c1-3-14-4-6-15(7-5-14)13(2)25-21(27)12-31-22(28)17-10-20(19(24)11-18(17)23)32(29,30)26-16-8-9-16/h4-7,10-11,13,16,26H,3,8-9,12H2,1-2H3,(H,25,27). The van der Waals surface area contributed by atoms with E-state index in [0.29, 0.717) is 0 Å². The molecule has 0 saturated heterocycles. The smallest absolute Gasteiger partial charge is 0.340 e. The van der Waals surface area contributed by atoms with Gasteiger partial charge in [0.05, 0.1) is 21.7 Å². The van der Waals surface area contributed by atoms with E-state index in [-0.39, 0.29) is 32.6 Å². The van der Waals surface area contributed by atoms with Gasteiger partial charge >= 0.3 is 5.97 Å². The normalized spacial score (nSPS) is 14.6. The molecule has 0 aliphatic heterocycles. The average molecular weight is 499 g/mol. The third kappa shape index (κ3) is 6.22. The molecule has 7 nitrogen and oxygen atoms in total. The van der Waals surface area contributed by atoms with Gasteiger partial charge in [-0.25, -0.2) is 17.9 Å². The van der Waals surface area contributed by atoms with Gasteiger partial charge in [0.15, 0.2) is 6.61 Å². The maximum Gasteiger partial charge on any atom is 0.340 e. The van der Waals surface area contributed by atoms with Crippen LogP contribution in [-0.4, -0.2) is 32.9 Å². The maximum atomic E-state index is 12.5. The molecule has 1 fully saturated rings. The third-order valence-corrected chi connectivity index (χ3v) is 7.33. The van der Waals surface area contributed by atoms with Crippen molar-refractivity contribution in [2.45, 2.75) is 50.1 Å². The molecular formula is C22H24Cl2N2O5S. The van der Waals surface area contributed by atoms with Crippen LogP contribution in [0.15, 0.2) is 41.3 Å². The minimum absolute atomic E-state index is 0.0739. The summed E-state index contributed by atoms with van der Waals surface area (Å²) in [5.41, 5.74) is 1.92. The third-order valence-electron chi connectivity index (χ3n) is 5.03. The lowest BCUT2D eigenvalue weighted by atomic mass is 10.1. The Labute approximate surface area is 197 Å². The summed E-state index contributed by atoms with van der Waals surface area (Å²) in [5, 5.41) is 2.57. The quantitative estimate of drug-likeness (QED) is 0.508. The van der Waals surface area contributed by atoms with Crippen LogP contribution in [0.5, 0.6) is 0 Å². The van der Waals surface area contributed by atoms with Crippen molar-refractivity contribution in [1.29, 1.82) is 0 Å². The molecular weight excluding hydrogens is 475 g/mol. The highest BCUT2D eigenvalue weighted by Crippen LogP contribution is 2.31. The Bertz CT molecular complexity index is 1120. The fourth-order valence-corrected chi connectivity index (χ4v) is 5.15. The van der Waals surface area contributed by atoms with E-state index in [1.165, 1.54) is 11.6 Å². The van der Waals surface area contributed by atoms with E-state index in [1.54, 1.807) is 0 Å².